The van der Waals surface area contributed by atoms with Gasteiger partial charge in [-0.05, 0) is 29.0 Å². The summed E-state index contributed by atoms with van der Waals surface area (Å²) in [5, 5.41) is 24.0. The fourth-order valence-corrected chi connectivity index (χ4v) is 1.63. The van der Waals surface area contributed by atoms with E-state index in [1.165, 1.54) is 28.9 Å². The van der Waals surface area contributed by atoms with Gasteiger partial charge in [0.2, 0.25) is 5.95 Å². The van der Waals surface area contributed by atoms with Crippen molar-refractivity contribution < 1.29 is 14.5 Å². The predicted octanol–water partition coefficient (Wildman–Crippen LogP) is 1.01. The molecule has 0 aliphatic rings. The Morgan fingerprint density at radius 2 is 2.14 bits per heavy atom. The van der Waals surface area contributed by atoms with Crippen molar-refractivity contribution in [3.8, 4) is 5.75 Å². The van der Waals surface area contributed by atoms with E-state index in [1.807, 2.05) is 6.92 Å². The molecule has 2 rings (SSSR count). The van der Waals surface area contributed by atoms with Gasteiger partial charge in [-0.25, -0.2) is 4.68 Å². The normalized spacial score (nSPS) is 10.2. The number of anilines is 1. The molecule has 0 saturated carbocycles. The van der Waals surface area contributed by atoms with Gasteiger partial charge in [0.15, 0.2) is 6.61 Å². The van der Waals surface area contributed by atoms with E-state index >= 15 is 0 Å². The van der Waals surface area contributed by atoms with E-state index in [9.17, 15) is 14.9 Å². The first-order chi connectivity index (χ1) is 10.6. The van der Waals surface area contributed by atoms with Crippen molar-refractivity contribution in [2.24, 2.45) is 0 Å². The summed E-state index contributed by atoms with van der Waals surface area (Å²) in [7, 11) is 0. The number of nitrogens with zero attached hydrogens (tertiary/aromatic N) is 5. The van der Waals surface area contributed by atoms with Crippen LogP contribution in [0.25, 0.3) is 0 Å². The van der Waals surface area contributed by atoms with E-state index in [2.05, 4.69) is 20.8 Å². The van der Waals surface area contributed by atoms with Crippen molar-refractivity contribution in [1.82, 2.24) is 20.2 Å². The molecule has 0 radical (unpaired) electrons. The van der Waals surface area contributed by atoms with E-state index < -0.39 is 10.8 Å². The minimum absolute atomic E-state index is 0.0458. The molecule has 116 valence electrons. The number of carbonyl (C=O) groups excluding carboxylic acids is 1. The van der Waals surface area contributed by atoms with Crippen LogP contribution in [0.2, 0.25) is 0 Å². The van der Waals surface area contributed by atoms with E-state index in [-0.39, 0.29) is 18.2 Å². The highest BCUT2D eigenvalue weighted by Crippen LogP contribution is 2.17. The molecule has 0 atom stereocenters. The number of nitro benzene ring substituents is 1. The van der Waals surface area contributed by atoms with E-state index in [1.54, 1.807) is 0 Å². The maximum absolute atomic E-state index is 11.8. The molecule has 10 heteroatoms. The maximum Gasteiger partial charge on any atom is 0.269 e. The third-order valence-corrected chi connectivity index (χ3v) is 2.64. The van der Waals surface area contributed by atoms with Crippen LogP contribution in [0.3, 0.4) is 0 Å². The number of carbonyl (C=O) groups is 1. The lowest BCUT2D eigenvalue weighted by atomic mass is 10.3. The van der Waals surface area contributed by atoms with Gasteiger partial charge in [0.05, 0.1) is 4.92 Å². The molecule has 0 fully saturated rings. The zero-order valence-electron chi connectivity index (χ0n) is 11.8. The zero-order valence-corrected chi connectivity index (χ0v) is 11.8. The van der Waals surface area contributed by atoms with Gasteiger partial charge in [-0.2, -0.15) is 0 Å². The Bertz CT molecular complexity index is 654. The Labute approximate surface area is 125 Å². The van der Waals surface area contributed by atoms with E-state index in [0.29, 0.717) is 12.3 Å². The van der Waals surface area contributed by atoms with Gasteiger partial charge >= 0.3 is 0 Å². The van der Waals surface area contributed by atoms with Gasteiger partial charge in [-0.3, -0.25) is 20.2 Å². The third kappa shape index (κ3) is 3.98. The van der Waals surface area contributed by atoms with Crippen LogP contribution in [0.4, 0.5) is 11.6 Å². The third-order valence-electron chi connectivity index (χ3n) is 2.64. The molecule has 1 aromatic carbocycles. The fraction of sp³-hybridized carbons (Fsp3) is 0.333. The molecule has 10 nitrogen and oxygen atoms in total. The molecule has 1 aromatic heterocycles. The minimum atomic E-state index is -0.510. The van der Waals surface area contributed by atoms with Gasteiger partial charge in [-0.15, -0.1) is 0 Å². The molecule has 0 aliphatic carbocycles. The van der Waals surface area contributed by atoms with Crippen molar-refractivity contribution in [3.63, 3.8) is 0 Å². The highest BCUT2D eigenvalue weighted by molar-refractivity contribution is 5.90. The molecule has 1 N–H and O–H groups in total. The van der Waals surface area contributed by atoms with Gasteiger partial charge in [-0.1, -0.05) is 12.0 Å². The maximum atomic E-state index is 11.8. The van der Waals surface area contributed by atoms with Gasteiger partial charge in [0.1, 0.15) is 5.75 Å². The number of amides is 1. The highest BCUT2D eigenvalue weighted by Gasteiger charge is 2.11. The Kier molecular flexibility index (Phi) is 4.96. The SMILES string of the molecule is CCCn1nnnc1NC(=O)COc1ccc([N+](=O)[O-])cc1. The van der Waals surface area contributed by atoms with Gasteiger partial charge in [0, 0.05) is 18.7 Å². The number of nitro groups is 1. The monoisotopic (exact) mass is 306 g/mol. The topological polar surface area (TPSA) is 125 Å². The molecular weight excluding hydrogens is 292 g/mol. The summed E-state index contributed by atoms with van der Waals surface area (Å²) in [5.74, 6) is 0.179. The molecule has 0 aliphatic heterocycles. The number of non-ortho nitro benzene ring substituents is 1. The second kappa shape index (κ2) is 7.11. The summed E-state index contributed by atoms with van der Waals surface area (Å²) in [5.41, 5.74) is -0.0458. The van der Waals surface area contributed by atoms with Gasteiger partial charge < -0.3 is 4.74 Å². The van der Waals surface area contributed by atoms with E-state index in [4.69, 9.17) is 4.74 Å². The van der Waals surface area contributed by atoms with Crippen LogP contribution in [0, 0.1) is 10.1 Å². The Balaban J connectivity index is 1.87. The zero-order chi connectivity index (χ0) is 15.9. The molecule has 1 amide bonds. The molecular formula is C12H14N6O4. The average Bonchev–Trinajstić information content (AvgIpc) is 2.93. The van der Waals surface area contributed by atoms with Crippen molar-refractivity contribution in [2.75, 3.05) is 11.9 Å². The summed E-state index contributed by atoms with van der Waals surface area (Å²) >= 11 is 0. The van der Waals surface area contributed by atoms with E-state index in [0.717, 1.165) is 6.42 Å². The summed E-state index contributed by atoms with van der Waals surface area (Å²) in [6.45, 7) is 2.30. The Morgan fingerprint density at radius 3 is 2.77 bits per heavy atom. The summed E-state index contributed by atoms with van der Waals surface area (Å²) in [6, 6.07) is 5.45. The summed E-state index contributed by atoms with van der Waals surface area (Å²) in [4.78, 5) is 21.8. The quantitative estimate of drug-likeness (QED) is 0.597. The number of aryl methyl sites for hydroxylation is 1. The molecule has 2 aromatic rings. The lowest BCUT2D eigenvalue weighted by molar-refractivity contribution is -0.384. The molecule has 0 bridgehead atoms. The Hall–Kier alpha value is -3.04. The lowest BCUT2D eigenvalue weighted by Gasteiger charge is -2.07. The molecule has 0 spiro atoms. The molecule has 0 unspecified atom stereocenters. The van der Waals surface area contributed by atoms with Crippen LogP contribution in [0.15, 0.2) is 24.3 Å². The molecule has 0 saturated heterocycles. The number of tetrazole rings is 1. The number of ether oxygens (including phenoxy) is 1. The molecule has 1 heterocycles. The summed E-state index contributed by atoms with van der Waals surface area (Å²) < 4.78 is 6.71. The number of hydrogen-bond donors (Lipinski definition) is 1. The van der Waals surface area contributed by atoms with Crippen LogP contribution in [0.1, 0.15) is 13.3 Å². The highest BCUT2D eigenvalue weighted by atomic mass is 16.6. The van der Waals surface area contributed by atoms with Crippen LogP contribution in [0.5, 0.6) is 5.75 Å². The largest absolute Gasteiger partial charge is 0.484 e. The van der Waals surface area contributed by atoms with Gasteiger partial charge in [0.25, 0.3) is 11.6 Å². The fourth-order valence-electron chi connectivity index (χ4n) is 1.63. The first-order valence-corrected chi connectivity index (χ1v) is 6.53. The number of nitrogens with one attached hydrogen (secondary N) is 1. The lowest BCUT2D eigenvalue weighted by Crippen LogP contribution is -2.22. The van der Waals surface area contributed by atoms with Crippen LogP contribution >= 0.6 is 0 Å². The van der Waals surface area contributed by atoms with Crippen LogP contribution in [-0.4, -0.2) is 37.6 Å². The first kappa shape index (κ1) is 15.4. The molecule has 22 heavy (non-hydrogen) atoms. The predicted molar refractivity (Wildman–Crippen MR) is 75.3 cm³/mol. The number of rotatable bonds is 7. The van der Waals surface area contributed by atoms with Crippen molar-refractivity contribution in [2.45, 2.75) is 19.9 Å². The number of hydrogen-bond acceptors (Lipinski definition) is 7. The standard InChI is InChI=1S/C12H14N6O4/c1-2-7-17-12(14-15-16-17)13-11(19)8-22-10-5-3-9(4-6-10)18(20)21/h3-6H,2,7-8H2,1H3,(H,13,14,16,19). The number of aromatic nitrogens is 4. The Morgan fingerprint density at radius 1 is 1.41 bits per heavy atom. The summed E-state index contributed by atoms with van der Waals surface area (Å²) in [6.07, 6.45) is 0.827. The number of benzene rings is 1. The second-order valence-electron chi connectivity index (χ2n) is 4.31. The second-order valence-corrected chi connectivity index (χ2v) is 4.31. The first-order valence-electron chi connectivity index (χ1n) is 6.53. The van der Waals surface area contributed by atoms with Crippen LogP contribution < -0.4 is 10.1 Å². The average molecular weight is 306 g/mol. The van der Waals surface area contributed by atoms with Crippen molar-refractivity contribution in [3.05, 3.63) is 34.4 Å². The minimum Gasteiger partial charge on any atom is -0.484 e. The van der Waals surface area contributed by atoms with Crippen molar-refractivity contribution in [1.29, 1.82) is 0 Å². The van der Waals surface area contributed by atoms with Crippen LogP contribution in [-0.2, 0) is 11.3 Å². The smallest absolute Gasteiger partial charge is 0.269 e. The van der Waals surface area contributed by atoms with Crippen molar-refractivity contribution >= 4 is 17.5 Å².